The van der Waals surface area contributed by atoms with Crippen molar-refractivity contribution in [2.45, 2.75) is 39.3 Å². The van der Waals surface area contributed by atoms with Gasteiger partial charge in [-0.15, -0.1) is 0 Å². The molecule has 0 saturated heterocycles. The zero-order chi connectivity index (χ0) is 14.4. The van der Waals surface area contributed by atoms with Crippen LogP contribution in [0.3, 0.4) is 0 Å². The molecule has 0 aliphatic rings. The van der Waals surface area contributed by atoms with Gasteiger partial charge in [-0.25, -0.2) is 4.39 Å². The first-order chi connectivity index (χ1) is 8.90. The number of carboxylic acid groups (broad SMARTS) is 1. The van der Waals surface area contributed by atoms with Crippen LogP contribution in [-0.4, -0.2) is 28.6 Å². The highest BCUT2D eigenvalue weighted by Crippen LogP contribution is 2.17. The number of halogens is 2. The Morgan fingerprint density at radius 1 is 1.47 bits per heavy atom. The van der Waals surface area contributed by atoms with Crippen LogP contribution in [0, 0.1) is 5.82 Å². The van der Waals surface area contributed by atoms with E-state index in [-0.39, 0.29) is 18.3 Å². The lowest BCUT2D eigenvalue weighted by Crippen LogP contribution is -2.32. The van der Waals surface area contributed by atoms with Gasteiger partial charge in [0, 0.05) is 29.6 Å². The van der Waals surface area contributed by atoms with Gasteiger partial charge < -0.3 is 5.11 Å². The number of nitrogens with zero attached hydrogens (tertiary/aromatic N) is 1. The minimum atomic E-state index is -0.804. The second-order valence-electron chi connectivity index (χ2n) is 4.80. The zero-order valence-corrected chi connectivity index (χ0v) is 12.0. The van der Waals surface area contributed by atoms with Crippen LogP contribution < -0.4 is 0 Å². The SMILES string of the molecule is CC(C)N(CCCC(=O)O)Cc1ccc(Cl)cc1F. The van der Waals surface area contributed by atoms with Crippen LogP contribution in [0.1, 0.15) is 32.3 Å². The number of rotatable bonds is 7. The summed E-state index contributed by atoms with van der Waals surface area (Å²) < 4.78 is 13.7. The molecule has 0 spiro atoms. The van der Waals surface area contributed by atoms with Crippen molar-refractivity contribution in [2.75, 3.05) is 6.54 Å². The zero-order valence-electron chi connectivity index (χ0n) is 11.2. The van der Waals surface area contributed by atoms with Crippen LogP contribution >= 0.6 is 11.6 Å². The third-order valence-electron chi connectivity index (χ3n) is 2.95. The lowest BCUT2D eigenvalue weighted by atomic mass is 10.1. The van der Waals surface area contributed by atoms with Crippen LogP contribution in [0.15, 0.2) is 18.2 Å². The van der Waals surface area contributed by atoms with Gasteiger partial charge in [-0.3, -0.25) is 9.69 Å². The van der Waals surface area contributed by atoms with E-state index in [1.54, 1.807) is 12.1 Å². The van der Waals surface area contributed by atoms with Crippen LogP contribution in [-0.2, 0) is 11.3 Å². The summed E-state index contributed by atoms with van der Waals surface area (Å²) in [6.45, 7) is 5.11. The molecule has 0 radical (unpaired) electrons. The molecule has 0 saturated carbocycles. The summed E-state index contributed by atoms with van der Waals surface area (Å²) in [5, 5.41) is 9.01. The van der Waals surface area contributed by atoms with E-state index in [1.165, 1.54) is 6.07 Å². The summed E-state index contributed by atoms with van der Waals surface area (Å²) in [6, 6.07) is 4.86. The summed E-state index contributed by atoms with van der Waals surface area (Å²) >= 11 is 5.72. The Hall–Kier alpha value is -1.13. The Morgan fingerprint density at radius 2 is 2.16 bits per heavy atom. The van der Waals surface area contributed by atoms with Crippen molar-refractivity contribution in [1.82, 2.24) is 4.90 Å². The maximum Gasteiger partial charge on any atom is 0.303 e. The van der Waals surface area contributed by atoms with Gasteiger partial charge in [0.15, 0.2) is 0 Å². The molecule has 1 rings (SSSR count). The van der Waals surface area contributed by atoms with E-state index in [0.717, 1.165) is 0 Å². The molecule has 1 aromatic rings. The molecule has 0 atom stereocenters. The monoisotopic (exact) mass is 287 g/mol. The van der Waals surface area contributed by atoms with Gasteiger partial charge in [-0.1, -0.05) is 17.7 Å². The normalized spacial score (nSPS) is 11.3. The molecule has 1 N–H and O–H groups in total. The number of hydrogen-bond acceptors (Lipinski definition) is 2. The molecule has 0 aliphatic carbocycles. The van der Waals surface area contributed by atoms with Crippen molar-refractivity contribution in [1.29, 1.82) is 0 Å². The third kappa shape index (κ3) is 5.57. The van der Waals surface area contributed by atoms with Crippen LogP contribution in [0.4, 0.5) is 4.39 Å². The molecule has 106 valence electrons. The molecule has 0 fully saturated rings. The van der Waals surface area contributed by atoms with Crippen LogP contribution in [0.2, 0.25) is 5.02 Å². The molecule has 0 aromatic heterocycles. The molecular weight excluding hydrogens is 269 g/mol. The molecule has 19 heavy (non-hydrogen) atoms. The van der Waals surface area contributed by atoms with Crippen molar-refractivity contribution in [3.63, 3.8) is 0 Å². The lowest BCUT2D eigenvalue weighted by molar-refractivity contribution is -0.137. The van der Waals surface area contributed by atoms with Gasteiger partial charge in [0.25, 0.3) is 0 Å². The molecule has 0 aliphatic heterocycles. The molecule has 1 aromatic carbocycles. The van der Waals surface area contributed by atoms with E-state index < -0.39 is 5.97 Å². The first kappa shape index (κ1) is 15.9. The predicted octanol–water partition coefficient (Wildman–Crippen LogP) is 3.55. The smallest absolute Gasteiger partial charge is 0.303 e. The molecule has 3 nitrogen and oxygen atoms in total. The standard InChI is InChI=1S/C14H19ClFNO2/c1-10(2)17(7-3-4-14(18)19)9-11-5-6-12(15)8-13(11)16/h5-6,8,10H,3-4,7,9H2,1-2H3,(H,18,19). The summed E-state index contributed by atoms with van der Waals surface area (Å²) in [4.78, 5) is 12.6. The number of carboxylic acids is 1. The van der Waals surface area contributed by atoms with Crippen molar-refractivity contribution in [2.24, 2.45) is 0 Å². The van der Waals surface area contributed by atoms with Crippen molar-refractivity contribution < 1.29 is 14.3 Å². The van der Waals surface area contributed by atoms with Crippen molar-refractivity contribution in [3.8, 4) is 0 Å². The fourth-order valence-corrected chi connectivity index (χ4v) is 1.98. The molecule has 0 bridgehead atoms. The highest BCUT2D eigenvalue weighted by molar-refractivity contribution is 6.30. The summed E-state index contributed by atoms with van der Waals surface area (Å²) in [7, 11) is 0. The number of carbonyl (C=O) groups is 1. The molecule has 5 heteroatoms. The average molecular weight is 288 g/mol. The largest absolute Gasteiger partial charge is 0.481 e. The van der Waals surface area contributed by atoms with E-state index in [1.807, 2.05) is 13.8 Å². The van der Waals surface area contributed by atoms with Gasteiger partial charge in [-0.2, -0.15) is 0 Å². The van der Waals surface area contributed by atoms with Crippen molar-refractivity contribution in [3.05, 3.63) is 34.6 Å². The predicted molar refractivity (Wildman–Crippen MR) is 73.8 cm³/mol. The number of hydrogen-bond donors (Lipinski definition) is 1. The van der Waals surface area contributed by atoms with E-state index in [0.29, 0.717) is 30.1 Å². The van der Waals surface area contributed by atoms with Gasteiger partial charge in [0.2, 0.25) is 0 Å². The lowest BCUT2D eigenvalue weighted by Gasteiger charge is -2.26. The quantitative estimate of drug-likeness (QED) is 0.834. The maximum atomic E-state index is 13.7. The highest BCUT2D eigenvalue weighted by atomic mass is 35.5. The Balaban J connectivity index is 2.64. The number of aliphatic carboxylic acids is 1. The fraction of sp³-hybridized carbons (Fsp3) is 0.500. The summed E-state index contributed by atoms with van der Waals surface area (Å²) in [5.74, 6) is -1.13. The summed E-state index contributed by atoms with van der Waals surface area (Å²) in [6.07, 6.45) is 0.690. The van der Waals surface area contributed by atoms with Crippen LogP contribution in [0.25, 0.3) is 0 Å². The minimum absolute atomic E-state index is 0.131. The Labute approximate surface area is 118 Å². The average Bonchev–Trinajstić information content (AvgIpc) is 2.30. The first-order valence-electron chi connectivity index (χ1n) is 6.30. The van der Waals surface area contributed by atoms with Gasteiger partial charge in [0.1, 0.15) is 5.82 Å². The topological polar surface area (TPSA) is 40.5 Å². The molecule has 0 heterocycles. The fourth-order valence-electron chi connectivity index (χ4n) is 1.82. The van der Waals surface area contributed by atoms with E-state index in [9.17, 15) is 9.18 Å². The van der Waals surface area contributed by atoms with Gasteiger partial charge >= 0.3 is 5.97 Å². The summed E-state index contributed by atoms with van der Waals surface area (Å²) in [5.41, 5.74) is 0.577. The van der Waals surface area contributed by atoms with E-state index in [4.69, 9.17) is 16.7 Å². The Kier molecular flexibility index (Phi) is 6.25. The second kappa shape index (κ2) is 7.46. The molecule has 0 amide bonds. The molecular formula is C14H19ClFNO2. The Bertz CT molecular complexity index is 437. The number of benzene rings is 1. The van der Waals surface area contributed by atoms with E-state index in [2.05, 4.69) is 4.90 Å². The minimum Gasteiger partial charge on any atom is -0.481 e. The first-order valence-corrected chi connectivity index (χ1v) is 6.67. The second-order valence-corrected chi connectivity index (χ2v) is 5.23. The van der Waals surface area contributed by atoms with E-state index >= 15 is 0 Å². The maximum absolute atomic E-state index is 13.7. The third-order valence-corrected chi connectivity index (χ3v) is 3.19. The molecule has 0 unspecified atom stereocenters. The van der Waals surface area contributed by atoms with Crippen molar-refractivity contribution >= 4 is 17.6 Å². The Morgan fingerprint density at radius 3 is 2.68 bits per heavy atom. The van der Waals surface area contributed by atoms with Gasteiger partial charge in [0.05, 0.1) is 0 Å². The highest BCUT2D eigenvalue weighted by Gasteiger charge is 2.13. The van der Waals surface area contributed by atoms with Crippen LogP contribution in [0.5, 0.6) is 0 Å². The van der Waals surface area contributed by atoms with Gasteiger partial charge in [-0.05, 0) is 38.9 Å².